The van der Waals surface area contributed by atoms with Crippen molar-refractivity contribution in [3.05, 3.63) is 64.3 Å². The summed E-state index contributed by atoms with van der Waals surface area (Å²) < 4.78 is 11.2. The number of halogens is 1. The van der Waals surface area contributed by atoms with Gasteiger partial charge in [-0.25, -0.2) is 4.79 Å². The minimum Gasteiger partial charge on any atom is -0.490 e. The fraction of sp³-hybridized carbons (Fsp3) is 0.217. The first-order valence-electron chi connectivity index (χ1n) is 9.61. The van der Waals surface area contributed by atoms with Crippen LogP contribution in [0.2, 0.25) is 5.02 Å². The highest BCUT2D eigenvalue weighted by Crippen LogP contribution is 2.40. The highest BCUT2D eigenvalue weighted by Gasteiger charge is 2.32. The van der Waals surface area contributed by atoms with Gasteiger partial charge in [0.05, 0.1) is 23.2 Å². The van der Waals surface area contributed by atoms with E-state index >= 15 is 0 Å². The largest absolute Gasteiger partial charge is 0.490 e. The zero-order valence-corrected chi connectivity index (χ0v) is 17.9. The molecule has 0 saturated heterocycles. The number of anilines is 1. The van der Waals surface area contributed by atoms with E-state index in [0.717, 1.165) is 0 Å². The van der Waals surface area contributed by atoms with Crippen LogP contribution in [0, 0.1) is 12.3 Å². The summed E-state index contributed by atoms with van der Waals surface area (Å²) in [6.07, 6.45) is 5.28. The summed E-state index contributed by atoms with van der Waals surface area (Å²) >= 11 is 6.44. The molecule has 1 heterocycles. The minimum atomic E-state index is -0.754. The van der Waals surface area contributed by atoms with Gasteiger partial charge in [0.2, 0.25) is 0 Å². The highest BCUT2D eigenvalue weighted by atomic mass is 35.5. The van der Waals surface area contributed by atoms with Gasteiger partial charge in [-0.3, -0.25) is 4.79 Å². The Hall–Kier alpha value is -3.63. The minimum absolute atomic E-state index is 0.0208. The number of allylic oxidation sites excluding steroid dienone is 1. The van der Waals surface area contributed by atoms with E-state index in [1.165, 1.54) is 0 Å². The lowest BCUT2D eigenvalue weighted by molar-refractivity contribution is -0.113. The Bertz CT molecular complexity index is 1060. The number of hydrogen-bond acceptors (Lipinski definition) is 4. The third-order valence-electron chi connectivity index (χ3n) is 4.51. The Morgan fingerprint density at radius 2 is 2.00 bits per heavy atom. The molecule has 0 radical (unpaired) electrons. The number of rotatable bonds is 7. The zero-order chi connectivity index (χ0) is 22.4. The van der Waals surface area contributed by atoms with Gasteiger partial charge in [-0.15, -0.1) is 6.42 Å². The molecule has 3 N–H and O–H groups in total. The summed E-state index contributed by atoms with van der Waals surface area (Å²) in [5.41, 5.74) is 1.98. The lowest BCUT2D eigenvalue weighted by atomic mass is 9.94. The molecule has 0 bridgehead atoms. The van der Waals surface area contributed by atoms with Gasteiger partial charge >= 0.3 is 6.03 Å². The fourth-order valence-electron chi connectivity index (χ4n) is 3.24. The van der Waals surface area contributed by atoms with Crippen LogP contribution in [0.25, 0.3) is 0 Å². The van der Waals surface area contributed by atoms with E-state index in [1.54, 1.807) is 31.2 Å². The van der Waals surface area contributed by atoms with Crippen molar-refractivity contribution in [3.8, 4) is 23.8 Å². The average Bonchev–Trinajstić information content (AvgIpc) is 2.73. The third kappa shape index (κ3) is 5.11. The standard InChI is InChI=1S/C23H22ClN3O4/c1-4-11-31-21-17(24)12-15(13-18(21)30-5-2)20-19(14(3)25-23(29)27-20)22(28)26-16-9-7-6-8-10-16/h1,6-10,12-13,20H,5,11H2,2-3H3,(H,26,28)(H2,25,27,29)/t20-/m0/s1. The second kappa shape index (κ2) is 9.92. The summed E-state index contributed by atoms with van der Waals surface area (Å²) in [4.78, 5) is 25.3. The van der Waals surface area contributed by atoms with Gasteiger partial charge in [-0.05, 0) is 43.7 Å². The number of amides is 3. The Labute approximate surface area is 185 Å². The van der Waals surface area contributed by atoms with Crippen LogP contribution in [0.1, 0.15) is 25.5 Å². The molecule has 0 saturated carbocycles. The van der Waals surface area contributed by atoms with Crippen LogP contribution in [0.4, 0.5) is 10.5 Å². The smallest absolute Gasteiger partial charge is 0.319 e. The first-order valence-corrected chi connectivity index (χ1v) is 9.99. The topological polar surface area (TPSA) is 88.7 Å². The number of hydrogen-bond donors (Lipinski definition) is 3. The molecule has 1 aliphatic rings. The van der Waals surface area contributed by atoms with E-state index in [2.05, 4.69) is 21.9 Å². The monoisotopic (exact) mass is 439 g/mol. The first kappa shape index (κ1) is 22.1. The molecule has 31 heavy (non-hydrogen) atoms. The number of urea groups is 1. The van der Waals surface area contributed by atoms with Gasteiger partial charge in [0.1, 0.15) is 6.61 Å². The van der Waals surface area contributed by atoms with Crippen molar-refractivity contribution in [2.75, 3.05) is 18.5 Å². The predicted octanol–water partition coefficient (Wildman–Crippen LogP) is 4.02. The molecule has 160 valence electrons. The van der Waals surface area contributed by atoms with E-state index in [0.29, 0.717) is 40.6 Å². The van der Waals surface area contributed by atoms with Crippen LogP contribution in [0.3, 0.4) is 0 Å². The van der Waals surface area contributed by atoms with E-state index in [-0.39, 0.29) is 17.5 Å². The molecule has 2 aromatic carbocycles. The van der Waals surface area contributed by atoms with E-state index in [1.807, 2.05) is 25.1 Å². The van der Waals surface area contributed by atoms with Crippen LogP contribution in [-0.2, 0) is 4.79 Å². The normalized spacial score (nSPS) is 15.4. The van der Waals surface area contributed by atoms with Crippen LogP contribution in [0.5, 0.6) is 11.5 Å². The molecule has 0 unspecified atom stereocenters. The fourth-order valence-corrected chi connectivity index (χ4v) is 3.51. The molecule has 0 aliphatic carbocycles. The van der Waals surface area contributed by atoms with Crippen molar-refractivity contribution in [2.45, 2.75) is 19.9 Å². The summed E-state index contributed by atoms with van der Waals surface area (Å²) in [5.74, 6) is 2.70. The summed E-state index contributed by atoms with van der Waals surface area (Å²) in [6, 6.07) is 11.2. The van der Waals surface area contributed by atoms with Crippen LogP contribution >= 0.6 is 11.6 Å². The quantitative estimate of drug-likeness (QED) is 0.568. The number of carbonyl (C=O) groups excluding carboxylic acids is 2. The summed E-state index contributed by atoms with van der Waals surface area (Å²) in [5, 5.41) is 8.54. The molecule has 1 aliphatic heterocycles. The van der Waals surface area contributed by atoms with Crippen molar-refractivity contribution in [3.63, 3.8) is 0 Å². The third-order valence-corrected chi connectivity index (χ3v) is 4.79. The van der Waals surface area contributed by atoms with Crippen LogP contribution in [0.15, 0.2) is 53.7 Å². The molecular formula is C23H22ClN3O4. The second-order valence-electron chi connectivity index (χ2n) is 6.65. The molecule has 0 fully saturated rings. The molecule has 2 aromatic rings. The SMILES string of the molecule is C#CCOc1c(Cl)cc([C@@H]2NC(=O)NC(C)=C2C(=O)Nc2ccccc2)cc1OCC. The molecule has 0 spiro atoms. The molecule has 3 amide bonds. The maximum Gasteiger partial charge on any atom is 0.319 e. The molecule has 0 aromatic heterocycles. The number of para-hydroxylation sites is 1. The van der Waals surface area contributed by atoms with Gasteiger partial charge in [0.15, 0.2) is 11.5 Å². The average molecular weight is 440 g/mol. The number of nitrogens with one attached hydrogen (secondary N) is 3. The first-order chi connectivity index (χ1) is 14.9. The lowest BCUT2D eigenvalue weighted by Crippen LogP contribution is -2.46. The maximum atomic E-state index is 13.1. The van der Waals surface area contributed by atoms with Crippen molar-refractivity contribution < 1.29 is 19.1 Å². The van der Waals surface area contributed by atoms with Gasteiger partial charge in [0, 0.05) is 11.4 Å². The number of ether oxygens (including phenoxy) is 2. The Balaban J connectivity index is 2.02. The molecule has 8 heteroatoms. The van der Waals surface area contributed by atoms with Crippen molar-refractivity contribution in [1.29, 1.82) is 0 Å². The maximum absolute atomic E-state index is 13.1. The number of benzene rings is 2. The Kier molecular flexibility index (Phi) is 7.06. The molecule has 3 rings (SSSR count). The van der Waals surface area contributed by atoms with E-state index < -0.39 is 12.1 Å². The highest BCUT2D eigenvalue weighted by molar-refractivity contribution is 6.32. The Morgan fingerprint density at radius 1 is 1.26 bits per heavy atom. The van der Waals surface area contributed by atoms with Gasteiger partial charge in [-0.1, -0.05) is 35.7 Å². The van der Waals surface area contributed by atoms with Gasteiger partial charge < -0.3 is 25.4 Å². The summed E-state index contributed by atoms with van der Waals surface area (Å²) in [7, 11) is 0. The summed E-state index contributed by atoms with van der Waals surface area (Å²) in [6.45, 7) is 3.87. The van der Waals surface area contributed by atoms with E-state index in [4.69, 9.17) is 27.5 Å². The zero-order valence-electron chi connectivity index (χ0n) is 17.1. The molecule has 7 nitrogen and oxygen atoms in total. The Morgan fingerprint density at radius 3 is 2.68 bits per heavy atom. The van der Waals surface area contributed by atoms with Gasteiger partial charge in [0.25, 0.3) is 5.91 Å². The predicted molar refractivity (Wildman–Crippen MR) is 119 cm³/mol. The lowest BCUT2D eigenvalue weighted by Gasteiger charge is -2.29. The van der Waals surface area contributed by atoms with Crippen LogP contribution < -0.4 is 25.4 Å². The van der Waals surface area contributed by atoms with Crippen molar-refractivity contribution in [1.82, 2.24) is 10.6 Å². The number of terminal acetylenes is 1. The van der Waals surface area contributed by atoms with Gasteiger partial charge in [-0.2, -0.15) is 0 Å². The second-order valence-corrected chi connectivity index (χ2v) is 7.05. The molecular weight excluding hydrogens is 418 g/mol. The van der Waals surface area contributed by atoms with Crippen molar-refractivity contribution in [2.24, 2.45) is 0 Å². The van der Waals surface area contributed by atoms with Crippen LogP contribution in [-0.4, -0.2) is 25.2 Å². The number of carbonyl (C=O) groups is 2. The van der Waals surface area contributed by atoms with Crippen molar-refractivity contribution >= 4 is 29.2 Å². The van der Waals surface area contributed by atoms with E-state index in [9.17, 15) is 9.59 Å². The molecule has 1 atom stereocenters.